The van der Waals surface area contributed by atoms with E-state index in [0.29, 0.717) is 23.4 Å². The highest BCUT2D eigenvalue weighted by atomic mass is 16.5. The third kappa shape index (κ3) is 3.63. The van der Waals surface area contributed by atoms with E-state index in [2.05, 4.69) is 15.5 Å². The van der Waals surface area contributed by atoms with E-state index in [0.717, 1.165) is 34.5 Å². The molecule has 0 spiro atoms. The van der Waals surface area contributed by atoms with E-state index in [1.54, 1.807) is 18.0 Å². The van der Waals surface area contributed by atoms with Gasteiger partial charge in [-0.3, -0.25) is 14.2 Å². The van der Waals surface area contributed by atoms with Gasteiger partial charge in [0.25, 0.3) is 5.91 Å². The second kappa shape index (κ2) is 7.98. The minimum absolute atomic E-state index is 0.174. The van der Waals surface area contributed by atoms with Crippen molar-refractivity contribution in [2.24, 2.45) is 7.05 Å². The molecule has 0 bridgehead atoms. The van der Waals surface area contributed by atoms with Gasteiger partial charge in [0.15, 0.2) is 5.65 Å². The second-order valence-electron chi connectivity index (χ2n) is 7.08. The van der Waals surface area contributed by atoms with Crippen LogP contribution >= 0.6 is 0 Å². The molecule has 30 heavy (non-hydrogen) atoms. The third-order valence-corrected chi connectivity index (χ3v) is 5.04. The molecule has 0 aliphatic rings. The molecule has 8 heteroatoms. The summed E-state index contributed by atoms with van der Waals surface area (Å²) in [5.41, 5.74) is 4.48. The van der Waals surface area contributed by atoms with Crippen molar-refractivity contribution in [1.29, 1.82) is 0 Å². The van der Waals surface area contributed by atoms with Crippen molar-refractivity contribution in [3.05, 3.63) is 59.5 Å². The molecule has 0 radical (unpaired) electrons. The van der Waals surface area contributed by atoms with E-state index in [9.17, 15) is 4.79 Å². The summed E-state index contributed by atoms with van der Waals surface area (Å²) in [6, 6.07) is 9.44. The van der Waals surface area contributed by atoms with E-state index < -0.39 is 0 Å². The lowest BCUT2D eigenvalue weighted by molar-refractivity contribution is 0.0952. The first-order valence-corrected chi connectivity index (χ1v) is 9.78. The standard InChI is InChI=1S/C22H24N6O2/c1-5-28-13-15(12-24-28)11-23-22(29)18-10-19(16-7-6-8-17(9-16)30-4)25-21-20(18)14(2)26-27(21)3/h6-10,12-13H,5,11H2,1-4H3,(H,23,29). The molecule has 1 amide bonds. The summed E-state index contributed by atoms with van der Waals surface area (Å²) >= 11 is 0. The number of nitrogens with zero attached hydrogens (tertiary/aromatic N) is 5. The first kappa shape index (κ1) is 19.6. The number of benzene rings is 1. The maximum atomic E-state index is 13.1. The summed E-state index contributed by atoms with van der Waals surface area (Å²) in [6.07, 6.45) is 3.70. The number of hydrogen-bond donors (Lipinski definition) is 1. The maximum absolute atomic E-state index is 13.1. The lowest BCUT2D eigenvalue weighted by Crippen LogP contribution is -2.23. The van der Waals surface area contributed by atoms with E-state index in [1.807, 2.05) is 62.1 Å². The van der Waals surface area contributed by atoms with Crippen molar-refractivity contribution >= 4 is 16.9 Å². The largest absolute Gasteiger partial charge is 0.497 e. The monoisotopic (exact) mass is 404 g/mol. The average Bonchev–Trinajstić information content (AvgIpc) is 3.35. The summed E-state index contributed by atoms with van der Waals surface area (Å²) in [5, 5.41) is 12.5. The van der Waals surface area contributed by atoms with Gasteiger partial charge >= 0.3 is 0 Å². The fraction of sp³-hybridized carbons (Fsp3) is 0.273. The van der Waals surface area contributed by atoms with Crippen molar-refractivity contribution < 1.29 is 9.53 Å². The van der Waals surface area contributed by atoms with Crippen molar-refractivity contribution in [1.82, 2.24) is 29.9 Å². The topological polar surface area (TPSA) is 86.9 Å². The molecule has 3 heterocycles. The third-order valence-electron chi connectivity index (χ3n) is 5.04. The van der Waals surface area contributed by atoms with Gasteiger partial charge in [-0.15, -0.1) is 0 Å². The summed E-state index contributed by atoms with van der Waals surface area (Å²) in [4.78, 5) is 17.9. The van der Waals surface area contributed by atoms with Gasteiger partial charge < -0.3 is 10.1 Å². The first-order chi connectivity index (χ1) is 14.5. The van der Waals surface area contributed by atoms with Crippen molar-refractivity contribution in [3.63, 3.8) is 0 Å². The molecule has 154 valence electrons. The minimum Gasteiger partial charge on any atom is -0.497 e. The Bertz CT molecular complexity index is 1220. The summed E-state index contributed by atoms with van der Waals surface area (Å²) < 4.78 is 8.87. The van der Waals surface area contributed by atoms with Gasteiger partial charge in [-0.05, 0) is 32.0 Å². The highest BCUT2D eigenvalue weighted by Crippen LogP contribution is 2.28. The van der Waals surface area contributed by atoms with Gasteiger partial charge in [0.05, 0.1) is 35.6 Å². The smallest absolute Gasteiger partial charge is 0.252 e. The SMILES string of the molecule is CCn1cc(CNC(=O)c2cc(-c3cccc(OC)c3)nc3c2c(C)nn3C)cn1. The van der Waals surface area contributed by atoms with Crippen LogP contribution in [0.15, 0.2) is 42.7 Å². The number of amides is 1. The molecule has 1 aromatic carbocycles. The Kier molecular flexibility index (Phi) is 5.22. The summed E-state index contributed by atoms with van der Waals surface area (Å²) in [5.74, 6) is 0.557. The zero-order valence-corrected chi connectivity index (χ0v) is 17.5. The summed E-state index contributed by atoms with van der Waals surface area (Å²) in [6.45, 7) is 5.10. The van der Waals surface area contributed by atoms with Crippen LogP contribution in [0.1, 0.15) is 28.5 Å². The quantitative estimate of drug-likeness (QED) is 0.534. The summed E-state index contributed by atoms with van der Waals surface area (Å²) in [7, 11) is 3.46. The maximum Gasteiger partial charge on any atom is 0.252 e. The number of nitrogens with one attached hydrogen (secondary N) is 1. The number of aryl methyl sites for hydroxylation is 3. The van der Waals surface area contributed by atoms with Crippen LogP contribution in [-0.2, 0) is 20.1 Å². The van der Waals surface area contributed by atoms with Crippen LogP contribution in [-0.4, -0.2) is 37.6 Å². The average molecular weight is 404 g/mol. The number of hydrogen-bond acceptors (Lipinski definition) is 5. The van der Waals surface area contributed by atoms with Crippen LogP contribution in [0.25, 0.3) is 22.3 Å². The number of methoxy groups -OCH3 is 1. The van der Waals surface area contributed by atoms with Crippen LogP contribution in [0, 0.1) is 6.92 Å². The molecule has 0 saturated heterocycles. The highest BCUT2D eigenvalue weighted by molar-refractivity contribution is 6.07. The van der Waals surface area contributed by atoms with Crippen molar-refractivity contribution in [2.45, 2.75) is 26.9 Å². The number of carbonyl (C=O) groups excluding carboxylic acids is 1. The molecule has 0 saturated carbocycles. The fourth-order valence-corrected chi connectivity index (χ4v) is 3.50. The van der Waals surface area contributed by atoms with Crippen LogP contribution in [0.2, 0.25) is 0 Å². The van der Waals surface area contributed by atoms with Crippen LogP contribution in [0.4, 0.5) is 0 Å². The Morgan fingerprint density at radius 2 is 2.10 bits per heavy atom. The van der Waals surface area contributed by atoms with Gasteiger partial charge in [0.1, 0.15) is 5.75 Å². The first-order valence-electron chi connectivity index (χ1n) is 9.78. The van der Waals surface area contributed by atoms with Crippen LogP contribution < -0.4 is 10.1 Å². The number of aromatic nitrogens is 5. The lowest BCUT2D eigenvalue weighted by atomic mass is 10.0. The van der Waals surface area contributed by atoms with Gasteiger partial charge in [0, 0.05) is 37.5 Å². The Balaban J connectivity index is 1.74. The molecule has 8 nitrogen and oxygen atoms in total. The van der Waals surface area contributed by atoms with Gasteiger partial charge in [-0.2, -0.15) is 10.2 Å². The number of carbonyl (C=O) groups is 1. The Labute approximate surface area is 174 Å². The molecular weight excluding hydrogens is 380 g/mol. The Morgan fingerprint density at radius 3 is 2.83 bits per heavy atom. The molecule has 1 N–H and O–H groups in total. The van der Waals surface area contributed by atoms with Crippen molar-refractivity contribution in [3.8, 4) is 17.0 Å². The number of rotatable bonds is 6. The van der Waals surface area contributed by atoms with Crippen LogP contribution in [0.3, 0.4) is 0 Å². The molecular formula is C22H24N6O2. The molecule has 0 unspecified atom stereocenters. The molecule has 0 aliphatic carbocycles. The normalized spacial score (nSPS) is 11.1. The van der Waals surface area contributed by atoms with Gasteiger partial charge in [0.2, 0.25) is 0 Å². The number of fused-ring (bicyclic) bond motifs is 1. The zero-order valence-electron chi connectivity index (χ0n) is 17.5. The minimum atomic E-state index is -0.174. The zero-order chi connectivity index (χ0) is 21.3. The fourth-order valence-electron chi connectivity index (χ4n) is 3.50. The Morgan fingerprint density at radius 1 is 1.27 bits per heavy atom. The number of pyridine rings is 1. The molecule has 3 aromatic heterocycles. The lowest BCUT2D eigenvalue weighted by Gasteiger charge is -2.10. The predicted molar refractivity (Wildman–Crippen MR) is 114 cm³/mol. The van der Waals surface area contributed by atoms with Gasteiger partial charge in [-0.1, -0.05) is 12.1 Å². The van der Waals surface area contributed by atoms with E-state index >= 15 is 0 Å². The van der Waals surface area contributed by atoms with E-state index in [1.165, 1.54) is 0 Å². The van der Waals surface area contributed by atoms with E-state index in [4.69, 9.17) is 9.72 Å². The molecule has 0 atom stereocenters. The highest BCUT2D eigenvalue weighted by Gasteiger charge is 2.19. The van der Waals surface area contributed by atoms with Gasteiger partial charge in [-0.25, -0.2) is 4.98 Å². The predicted octanol–water partition coefficient (Wildman–Crippen LogP) is 3.10. The molecule has 4 aromatic rings. The van der Waals surface area contributed by atoms with E-state index in [-0.39, 0.29) is 5.91 Å². The second-order valence-corrected chi connectivity index (χ2v) is 7.08. The Hall–Kier alpha value is -3.68. The molecule has 0 aliphatic heterocycles. The van der Waals surface area contributed by atoms with Crippen molar-refractivity contribution in [2.75, 3.05) is 7.11 Å². The van der Waals surface area contributed by atoms with Crippen LogP contribution in [0.5, 0.6) is 5.75 Å². The number of ether oxygens (including phenoxy) is 1. The molecule has 0 fully saturated rings. The molecule has 4 rings (SSSR count).